The number of hydrogen-bond donors (Lipinski definition) is 3. The number of carbonyl (C=O) groups is 1. The number of imidazole rings is 2. The summed E-state index contributed by atoms with van der Waals surface area (Å²) in [4.78, 5) is 25.4. The highest BCUT2D eigenvalue weighted by molar-refractivity contribution is 6.03. The van der Waals surface area contributed by atoms with E-state index in [9.17, 15) is 4.79 Å². The number of benzene rings is 1. The Morgan fingerprint density at radius 2 is 2.18 bits per heavy atom. The average molecular weight is 227 g/mol. The van der Waals surface area contributed by atoms with Crippen molar-refractivity contribution in [1.29, 1.82) is 0 Å². The van der Waals surface area contributed by atoms with E-state index in [2.05, 4.69) is 25.3 Å². The number of nitrogens with one attached hydrogen (secondary N) is 3. The Morgan fingerprint density at radius 3 is 3.00 bits per heavy atom. The van der Waals surface area contributed by atoms with Crippen molar-refractivity contribution in [3.8, 4) is 0 Å². The Balaban J connectivity index is 1.87. The van der Waals surface area contributed by atoms with Crippen LogP contribution in [0.2, 0.25) is 0 Å². The molecule has 3 aromatic rings. The number of aromatic amines is 2. The molecule has 84 valence electrons. The Labute approximate surface area is 96.1 Å². The molecule has 0 radical (unpaired) electrons. The normalized spacial score (nSPS) is 10.6. The summed E-state index contributed by atoms with van der Waals surface area (Å²) in [6.45, 7) is 0. The number of nitrogens with zero attached hydrogens (tertiary/aromatic N) is 2. The predicted molar refractivity (Wildman–Crippen MR) is 62.6 cm³/mol. The van der Waals surface area contributed by atoms with Crippen LogP contribution in [0.15, 0.2) is 37.1 Å². The lowest BCUT2D eigenvalue weighted by molar-refractivity contribution is 0.102. The van der Waals surface area contributed by atoms with Crippen molar-refractivity contribution < 1.29 is 4.79 Å². The van der Waals surface area contributed by atoms with Gasteiger partial charge in [0.15, 0.2) is 0 Å². The number of carbonyl (C=O) groups excluding carboxylic acids is 1. The third kappa shape index (κ3) is 1.76. The topological polar surface area (TPSA) is 86.5 Å². The van der Waals surface area contributed by atoms with Gasteiger partial charge in [0.2, 0.25) is 0 Å². The van der Waals surface area contributed by atoms with Gasteiger partial charge in [-0.2, -0.15) is 0 Å². The van der Waals surface area contributed by atoms with E-state index in [0.29, 0.717) is 11.4 Å². The van der Waals surface area contributed by atoms with Crippen LogP contribution in [0.1, 0.15) is 10.5 Å². The molecule has 0 saturated carbocycles. The molecule has 3 N–H and O–H groups in total. The highest BCUT2D eigenvalue weighted by atomic mass is 16.1. The van der Waals surface area contributed by atoms with Gasteiger partial charge in [0.1, 0.15) is 5.69 Å². The van der Waals surface area contributed by atoms with Crippen LogP contribution < -0.4 is 5.32 Å². The van der Waals surface area contributed by atoms with E-state index >= 15 is 0 Å². The molecular weight excluding hydrogens is 218 g/mol. The zero-order chi connectivity index (χ0) is 11.7. The molecule has 0 aliphatic heterocycles. The number of fused-ring (bicyclic) bond motifs is 1. The van der Waals surface area contributed by atoms with Gasteiger partial charge >= 0.3 is 0 Å². The number of H-pyrrole nitrogens is 2. The van der Waals surface area contributed by atoms with E-state index in [-0.39, 0.29) is 5.91 Å². The number of hydrogen-bond acceptors (Lipinski definition) is 3. The summed E-state index contributed by atoms with van der Waals surface area (Å²) in [7, 11) is 0. The number of rotatable bonds is 2. The molecular formula is C11H9N5O. The van der Waals surface area contributed by atoms with Crippen LogP contribution in [0.4, 0.5) is 5.69 Å². The summed E-state index contributed by atoms with van der Waals surface area (Å²) in [5.41, 5.74) is 2.88. The molecule has 0 saturated heterocycles. The maximum absolute atomic E-state index is 11.7. The minimum absolute atomic E-state index is 0.221. The van der Waals surface area contributed by atoms with E-state index in [0.717, 1.165) is 11.0 Å². The van der Waals surface area contributed by atoms with Crippen molar-refractivity contribution in [1.82, 2.24) is 19.9 Å². The molecule has 0 fully saturated rings. The van der Waals surface area contributed by atoms with Gasteiger partial charge in [-0.05, 0) is 18.2 Å². The first-order valence-electron chi connectivity index (χ1n) is 5.06. The summed E-state index contributed by atoms with van der Waals surface area (Å²) >= 11 is 0. The zero-order valence-electron chi connectivity index (χ0n) is 8.77. The van der Waals surface area contributed by atoms with Crippen LogP contribution >= 0.6 is 0 Å². The highest BCUT2D eigenvalue weighted by Gasteiger charge is 2.07. The molecule has 6 heteroatoms. The third-order valence-corrected chi connectivity index (χ3v) is 2.42. The molecule has 3 rings (SSSR count). The second-order valence-corrected chi connectivity index (χ2v) is 3.55. The van der Waals surface area contributed by atoms with Crippen LogP contribution in [-0.2, 0) is 0 Å². The minimum Gasteiger partial charge on any atom is -0.345 e. The van der Waals surface area contributed by atoms with E-state index < -0.39 is 0 Å². The monoisotopic (exact) mass is 227 g/mol. The van der Waals surface area contributed by atoms with Crippen LogP contribution in [-0.4, -0.2) is 25.8 Å². The number of anilines is 1. The van der Waals surface area contributed by atoms with Gasteiger partial charge in [0, 0.05) is 5.69 Å². The fourth-order valence-electron chi connectivity index (χ4n) is 1.59. The Kier molecular flexibility index (Phi) is 2.11. The summed E-state index contributed by atoms with van der Waals surface area (Å²) in [6.07, 6.45) is 4.56. The van der Waals surface area contributed by atoms with Gasteiger partial charge in [0.25, 0.3) is 5.91 Å². The lowest BCUT2D eigenvalue weighted by atomic mass is 10.2. The van der Waals surface area contributed by atoms with Gasteiger partial charge in [0.05, 0.1) is 29.9 Å². The van der Waals surface area contributed by atoms with Crippen LogP contribution in [0.25, 0.3) is 11.0 Å². The molecule has 0 atom stereocenters. The van der Waals surface area contributed by atoms with Gasteiger partial charge in [-0.15, -0.1) is 0 Å². The first-order valence-corrected chi connectivity index (χ1v) is 5.06. The molecule has 0 spiro atoms. The van der Waals surface area contributed by atoms with Crippen molar-refractivity contribution in [2.75, 3.05) is 5.32 Å². The van der Waals surface area contributed by atoms with E-state index in [1.54, 1.807) is 12.4 Å². The Hall–Kier alpha value is -2.63. The second kappa shape index (κ2) is 3.75. The molecule has 0 unspecified atom stereocenters. The molecule has 6 nitrogen and oxygen atoms in total. The van der Waals surface area contributed by atoms with Crippen LogP contribution in [0, 0.1) is 0 Å². The molecule has 2 heterocycles. The van der Waals surface area contributed by atoms with Crippen molar-refractivity contribution in [2.45, 2.75) is 0 Å². The van der Waals surface area contributed by atoms with Gasteiger partial charge in [-0.1, -0.05) is 0 Å². The fourth-order valence-corrected chi connectivity index (χ4v) is 1.59. The van der Waals surface area contributed by atoms with Gasteiger partial charge < -0.3 is 15.3 Å². The molecule has 0 aliphatic rings. The zero-order valence-corrected chi connectivity index (χ0v) is 8.77. The molecule has 1 amide bonds. The van der Waals surface area contributed by atoms with Crippen molar-refractivity contribution in [3.05, 3.63) is 42.7 Å². The molecule has 17 heavy (non-hydrogen) atoms. The lowest BCUT2D eigenvalue weighted by Gasteiger charge is -2.02. The summed E-state index contributed by atoms with van der Waals surface area (Å²) in [5.74, 6) is -0.221. The van der Waals surface area contributed by atoms with Crippen molar-refractivity contribution in [3.63, 3.8) is 0 Å². The Morgan fingerprint density at radius 1 is 1.24 bits per heavy atom. The van der Waals surface area contributed by atoms with E-state index in [4.69, 9.17) is 0 Å². The molecule has 0 bridgehead atoms. The lowest BCUT2D eigenvalue weighted by Crippen LogP contribution is -2.12. The molecule has 0 aliphatic carbocycles. The quantitative estimate of drug-likeness (QED) is 0.620. The smallest absolute Gasteiger partial charge is 0.273 e. The van der Waals surface area contributed by atoms with Gasteiger partial charge in [-0.3, -0.25) is 4.79 Å². The molecule has 1 aromatic carbocycles. The average Bonchev–Trinajstić information content (AvgIpc) is 2.99. The van der Waals surface area contributed by atoms with Crippen molar-refractivity contribution >= 4 is 22.6 Å². The van der Waals surface area contributed by atoms with Crippen molar-refractivity contribution in [2.24, 2.45) is 0 Å². The second-order valence-electron chi connectivity index (χ2n) is 3.55. The van der Waals surface area contributed by atoms with E-state index in [1.807, 2.05) is 12.1 Å². The largest absolute Gasteiger partial charge is 0.345 e. The predicted octanol–water partition coefficient (Wildman–Crippen LogP) is 1.54. The summed E-state index contributed by atoms with van der Waals surface area (Å²) in [5, 5.41) is 2.77. The standard InChI is InChI=1S/C11H9N5O/c17-11(10-4-12-5-13-10)16-7-1-2-8-9(3-7)15-6-14-8/h1-6H,(H,12,13)(H,14,15)(H,16,17). The first kappa shape index (κ1) is 9.59. The molecule has 2 aromatic heterocycles. The number of amides is 1. The maximum Gasteiger partial charge on any atom is 0.273 e. The summed E-state index contributed by atoms with van der Waals surface area (Å²) < 4.78 is 0. The third-order valence-electron chi connectivity index (χ3n) is 2.42. The first-order chi connectivity index (χ1) is 8.33. The minimum atomic E-state index is -0.221. The summed E-state index contributed by atoms with van der Waals surface area (Å²) in [6, 6.07) is 5.47. The van der Waals surface area contributed by atoms with Crippen LogP contribution in [0.3, 0.4) is 0 Å². The van der Waals surface area contributed by atoms with Gasteiger partial charge in [-0.25, -0.2) is 9.97 Å². The SMILES string of the molecule is O=C(Nc1ccc2nc[nH]c2c1)c1cnc[nH]1. The maximum atomic E-state index is 11.7. The van der Waals surface area contributed by atoms with E-state index in [1.165, 1.54) is 12.5 Å². The highest BCUT2D eigenvalue weighted by Crippen LogP contribution is 2.16. The van der Waals surface area contributed by atoms with Crippen LogP contribution in [0.5, 0.6) is 0 Å². The number of aromatic nitrogens is 4. The Bertz CT molecular complexity index is 655. The fraction of sp³-hybridized carbons (Fsp3) is 0.